The normalized spacial score (nSPS) is 12.9. The Morgan fingerprint density at radius 3 is 2.14 bits per heavy atom. The summed E-state index contributed by atoms with van der Waals surface area (Å²) in [6.45, 7) is 4.25. The molecule has 0 aromatic heterocycles. The molecule has 22 heavy (non-hydrogen) atoms. The Morgan fingerprint density at radius 1 is 1.14 bits per heavy atom. The fourth-order valence-corrected chi connectivity index (χ4v) is 2.02. The summed E-state index contributed by atoms with van der Waals surface area (Å²) in [5, 5.41) is 19.0. The Bertz CT molecular complexity index is 379. The summed E-state index contributed by atoms with van der Waals surface area (Å²) < 4.78 is 0. The number of hydrogen-bond acceptors (Lipinski definition) is 3. The number of carbonyl (C=O) groups is 1. The minimum atomic E-state index is -1.35. The molecule has 1 aromatic carbocycles. The van der Waals surface area contributed by atoms with Gasteiger partial charge in [0, 0.05) is 5.56 Å². The van der Waals surface area contributed by atoms with Gasteiger partial charge in [-0.2, -0.15) is 0 Å². The number of carboxylic acid groups (broad SMARTS) is 1. The lowest BCUT2D eigenvalue weighted by Crippen LogP contribution is -2.51. The van der Waals surface area contributed by atoms with Crippen LogP contribution in [0.3, 0.4) is 0 Å². The van der Waals surface area contributed by atoms with E-state index in [4.69, 9.17) is 5.11 Å². The molecule has 0 aliphatic carbocycles. The molecule has 1 rings (SSSR count). The third-order valence-electron chi connectivity index (χ3n) is 3.47. The van der Waals surface area contributed by atoms with Crippen LogP contribution in [0.4, 0.5) is 0 Å². The average molecular weight is 309 g/mol. The minimum Gasteiger partial charge on any atom is -0.547 e. The highest BCUT2D eigenvalue weighted by Crippen LogP contribution is 2.08. The Hall–Kier alpha value is -1.39. The first kappa shape index (κ1) is 20.6. The number of aliphatic carboxylic acids is 1. The first-order chi connectivity index (χ1) is 10.5. The number of aliphatic hydroxyl groups is 1. The lowest BCUT2D eigenvalue weighted by Gasteiger charge is -2.10. The van der Waals surface area contributed by atoms with Gasteiger partial charge in [-0.3, -0.25) is 0 Å². The number of rotatable bonds is 9. The number of aliphatic hydroxyl groups excluding tert-OH is 1. The number of benzene rings is 1. The van der Waals surface area contributed by atoms with E-state index in [2.05, 4.69) is 31.7 Å². The first-order valence-corrected chi connectivity index (χ1v) is 8.26. The van der Waals surface area contributed by atoms with Crippen LogP contribution in [0.1, 0.15) is 70.4 Å². The van der Waals surface area contributed by atoms with Crippen molar-refractivity contribution >= 4 is 5.97 Å². The lowest BCUT2D eigenvalue weighted by atomic mass is 10.1. The van der Waals surface area contributed by atoms with Crippen molar-refractivity contribution in [1.82, 2.24) is 0 Å². The van der Waals surface area contributed by atoms with Crippen LogP contribution in [0.25, 0.3) is 0 Å². The maximum absolute atomic E-state index is 10.1. The highest BCUT2D eigenvalue weighted by atomic mass is 16.4. The number of carboxylic acids is 1. The zero-order chi connectivity index (χ0) is 16.8. The number of unbranched alkanes of at least 4 members (excludes halogenated alkanes) is 5. The maximum Gasteiger partial charge on any atom is 0.107 e. The van der Waals surface area contributed by atoms with E-state index in [0.29, 0.717) is 12.5 Å². The molecule has 0 saturated heterocycles. The fourth-order valence-electron chi connectivity index (χ4n) is 2.02. The maximum atomic E-state index is 10.1. The van der Waals surface area contributed by atoms with Gasteiger partial charge in [0.15, 0.2) is 0 Å². The van der Waals surface area contributed by atoms with Crippen LogP contribution in [-0.4, -0.2) is 17.2 Å². The van der Waals surface area contributed by atoms with E-state index >= 15 is 0 Å². The van der Waals surface area contributed by atoms with Crippen molar-refractivity contribution in [2.45, 2.75) is 70.9 Å². The predicted molar refractivity (Wildman–Crippen MR) is 86.8 cm³/mol. The van der Waals surface area contributed by atoms with E-state index in [1.807, 2.05) is 18.2 Å². The van der Waals surface area contributed by atoms with Crippen molar-refractivity contribution in [3.8, 4) is 0 Å². The summed E-state index contributed by atoms with van der Waals surface area (Å²) in [5.41, 5.74) is 5.21. The van der Waals surface area contributed by atoms with E-state index < -0.39 is 12.1 Å². The second kappa shape index (κ2) is 13.3. The van der Waals surface area contributed by atoms with E-state index in [1.54, 1.807) is 0 Å². The Labute approximate surface area is 134 Å². The van der Waals surface area contributed by atoms with Gasteiger partial charge >= 0.3 is 0 Å². The molecule has 0 fully saturated rings. The van der Waals surface area contributed by atoms with Crippen LogP contribution in [0.5, 0.6) is 0 Å². The van der Waals surface area contributed by atoms with E-state index in [0.717, 1.165) is 19.3 Å². The van der Waals surface area contributed by atoms with Crippen molar-refractivity contribution in [2.75, 3.05) is 0 Å². The largest absolute Gasteiger partial charge is 0.547 e. The molecule has 0 aliphatic rings. The minimum absolute atomic E-state index is 0.328. The van der Waals surface area contributed by atoms with Crippen molar-refractivity contribution in [3.63, 3.8) is 0 Å². The Morgan fingerprint density at radius 2 is 1.68 bits per heavy atom. The molecule has 4 N–H and O–H groups in total. The molecule has 0 heterocycles. The van der Waals surface area contributed by atoms with Crippen molar-refractivity contribution in [3.05, 3.63) is 35.9 Å². The van der Waals surface area contributed by atoms with Crippen LogP contribution in [0.2, 0.25) is 0 Å². The van der Waals surface area contributed by atoms with Crippen LogP contribution in [-0.2, 0) is 4.79 Å². The van der Waals surface area contributed by atoms with Gasteiger partial charge in [-0.1, -0.05) is 75.8 Å². The molecular formula is C18H31NO3. The quantitative estimate of drug-likeness (QED) is 0.682. The average Bonchev–Trinajstić information content (AvgIpc) is 2.52. The summed E-state index contributed by atoms with van der Waals surface area (Å²) in [4.78, 5) is 10.1. The number of carbonyl (C=O) groups excluding carboxylic acids is 1. The molecule has 4 nitrogen and oxygen atoms in total. The van der Waals surface area contributed by atoms with E-state index in [9.17, 15) is 9.90 Å². The van der Waals surface area contributed by atoms with E-state index in [-0.39, 0.29) is 0 Å². The molecule has 0 bridgehead atoms. The van der Waals surface area contributed by atoms with Crippen LogP contribution in [0.15, 0.2) is 30.3 Å². The topological polar surface area (TPSA) is 88.0 Å². The van der Waals surface area contributed by atoms with Crippen LogP contribution < -0.4 is 10.8 Å². The van der Waals surface area contributed by atoms with Gasteiger partial charge in [-0.25, -0.2) is 0 Å². The van der Waals surface area contributed by atoms with Gasteiger partial charge in [0.05, 0.1) is 12.1 Å². The monoisotopic (exact) mass is 309 g/mol. The first-order valence-electron chi connectivity index (χ1n) is 8.26. The third kappa shape index (κ3) is 11.3. The molecule has 0 amide bonds. The van der Waals surface area contributed by atoms with E-state index in [1.165, 1.54) is 24.8 Å². The van der Waals surface area contributed by atoms with Crippen LogP contribution >= 0.6 is 0 Å². The van der Waals surface area contributed by atoms with Gasteiger partial charge in [0.25, 0.3) is 0 Å². The SMILES string of the molecule is CCCCCCCC[C@@H](O)C(=O)[O-].C[C@@H]([NH3+])c1ccccc1. The molecule has 4 heteroatoms. The van der Waals surface area contributed by atoms with Crippen LogP contribution in [0, 0.1) is 0 Å². The molecule has 0 aliphatic heterocycles. The zero-order valence-corrected chi connectivity index (χ0v) is 14.0. The van der Waals surface area contributed by atoms with Gasteiger partial charge < -0.3 is 20.7 Å². The summed E-state index contributed by atoms with van der Waals surface area (Å²) >= 11 is 0. The summed E-state index contributed by atoms with van der Waals surface area (Å²) in [6, 6.07) is 10.7. The lowest BCUT2D eigenvalue weighted by molar-refractivity contribution is -0.420. The third-order valence-corrected chi connectivity index (χ3v) is 3.47. The van der Waals surface area contributed by atoms with Gasteiger partial charge in [0.1, 0.15) is 6.04 Å². The molecule has 126 valence electrons. The number of quaternary nitrogens is 1. The zero-order valence-electron chi connectivity index (χ0n) is 14.0. The molecule has 2 atom stereocenters. The molecule has 0 spiro atoms. The highest BCUT2D eigenvalue weighted by Gasteiger charge is 2.03. The fraction of sp³-hybridized carbons (Fsp3) is 0.611. The highest BCUT2D eigenvalue weighted by molar-refractivity contribution is 5.69. The second-order valence-electron chi connectivity index (χ2n) is 5.70. The number of hydrogen-bond donors (Lipinski definition) is 2. The predicted octanol–water partition coefficient (Wildman–Crippen LogP) is 1.84. The second-order valence-corrected chi connectivity index (χ2v) is 5.70. The van der Waals surface area contributed by atoms with Gasteiger partial charge in [0.2, 0.25) is 0 Å². The molecule has 1 aromatic rings. The van der Waals surface area contributed by atoms with Crippen molar-refractivity contribution < 1.29 is 20.7 Å². The molecular weight excluding hydrogens is 278 g/mol. The van der Waals surface area contributed by atoms with Gasteiger partial charge in [-0.15, -0.1) is 0 Å². The standard InChI is InChI=1S/C10H20O3.C8H11N/c1-2-3-4-5-6-7-8-9(11)10(12)13;1-7(9)8-5-3-2-4-6-8/h9,11H,2-8H2,1H3,(H,12,13);2-7H,9H2,1H3/t9-;7-/m11/s1. The Kier molecular flexibility index (Phi) is 12.4. The molecule has 0 radical (unpaired) electrons. The Balaban J connectivity index is 0.000000425. The smallest absolute Gasteiger partial charge is 0.107 e. The van der Waals surface area contributed by atoms with Crippen molar-refractivity contribution in [1.29, 1.82) is 0 Å². The summed E-state index contributed by atoms with van der Waals surface area (Å²) in [6.07, 6.45) is 5.62. The summed E-state index contributed by atoms with van der Waals surface area (Å²) in [5.74, 6) is -1.35. The van der Waals surface area contributed by atoms with Crippen molar-refractivity contribution in [2.24, 2.45) is 0 Å². The molecule has 0 unspecified atom stereocenters. The molecule has 0 saturated carbocycles. The van der Waals surface area contributed by atoms with Gasteiger partial charge in [-0.05, 0) is 13.3 Å². The summed E-state index contributed by atoms with van der Waals surface area (Å²) in [7, 11) is 0.